The molecule has 2 aliphatic rings. The lowest BCUT2D eigenvalue weighted by Gasteiger charge is -2.33. The van der Waals surface area contributed by atoms with E-state index in [9.17, 15) is 18.3 Å². The molecule has 174 valence electrons. The highest BCUT2D eigenvalue weighted by atomic mass is 32.2. The molecule has 1 aliphatic heterocycles. The number of amides is 1. The zero-order valence-electron chi connectivity index (χ0n) is 18.6. The largest absolute Gasteiger partial charge is 0.395 e. The van der Waals surface area contributed by atoms with Crippen LogP contribution in [-0.4, -0.2) is 47.9 Å². The lowest BCUT2D eigenvalue weighted by molar-refractivity contribution is -0.119. The molecule has 0 bridgehead atoms. The van der Waals surface area contributed by atoms with Crippen molar-refractivity contribution in [2.45, 2.75) is 69.7 Å². The van der Waals surface area contributed by atoms with Crippen molar-refractivity contribution < 1.29 is 18.3 Å². The van der Waals surface area contributed by atoms with E-state index in [-0.39, 0.29) is 29.4 Å². The highest BCUT2D eigenvalue weighted by molar-refractivity contribution is 7.89. The highest BCUT2D eigenvalue weighted by Crippen LogP contribution is 2.36. The molecule has 9 heteroatoms. The van der Waals surface area contributed by atoms with Crippen LogP contribution in [0.5, 0.6) is 0 Å². The molecule has 2 heterocycles. The number of aliphatic hydroxyl groups is 1. The summed E-state index contributed by atoms with van der Waals surface area (Å²) < 4.78 is 28.4. The van der Waals surface area contributed by atoms with E-state index in [2.05, 4.69) is 10.3 Å². The van der Waals surface area contributed by atoms with Gasteiger partial charge in [0.05, 0.1) is 22.1 Å². The van der Waals surface area contributed by atoms with Crippen molar-refractivity contribution >= 4 is 32.4 Å². The van der Waals surface area contributed by atoms with Gasteiger partial charge in [-0.1, -0.05) is 42.7 Å². The maximum absolute atomic E-state index is 13.5. The van der Waals surface area contributed by atoms with Gasteiger partial charge in [0.1, 0.15) is 0 Å². The standard InChI is InChI=1S/C23H31N3O4S2/c1-15-10-11-18(13-20(15)32(29,30)26-12-6-5-9-19(26)14-27)21-16(2)24-23(31-21)25-22(28)17-7-3-4-8-17/h10-11,13,17,19,27H,3-9,12,14H2,1-2H3,(H,24,25,28). The molecule has 1 aliphatic carbocycles. The van der Waals surface area contributed by atoms with Gasteiger partial charge in [-0.2, -0.15) is 4.31 Å². The monoisotopic (exact) mass is 477 g/mol. The topological polar surface area (TPSA) is 99.6 Å². The molecule has 7 nitrogen and oxygen atoms in total. The lowest BCUT2D eigenvalue weighted by Crippen LogP contribution is -2.45. The first-order chi connectivity index (χ1) is 15.3. The van der Waals surface area contributed by atoms with Gasteiger partial charge in [-0.15, -0.1) is 0 Å². The first kappa shape index (κ1) is 23.4. The summed E-state index contributed by atoms with van der Waals surface area (Å²) >= 11 is 1.37. The molecule has 32 heavy (non-hydrogen) atoms. The number of carbonyl (C=O) groups is 1. The number of rotatable bonds is 6. The predicted molar refractivity (Wildman–Crippen MR) is 126 cm³/mol. The molecule has 2 N–H and O–H groups in total. The minimum Gasteiger partial charge on any atom is -0.395 e. The van der Waals surface area contributed by atoms with Crippen molar-refractivity contribution in [1.82, 2.24) is 9.29 Å². The van der Waals surface area contributed by atoms with Crippen LogP contribution in [0.1, 0.15) is 56.2 Å². The second-order valence-electron chi connectivity index (χ2n) is 8.83. The van der Waals surface area contributed by atoms with Gasteiger partial charge in [-0.05, 0) is 56.7 Å². The molecule has 1 aromatic carbocycles. The Hall–Kier alpha value is -1.81. The first-order valence-electron chi connectivity index (χ1n) is 11.3. The van der Waals surface area contributed by atoms with Crippen molar-refractivity contribution in [3.8, 4) is 10.4 Å². The third-order valence-electron chi connectivity index (χ3n) is 6.57. The number of sulfonamides is 1. The Kier molecular flexibility index (Phi) is 7.00. The van der Waals surface area contributed by atoms with Gasteiger partial charge < -0.3 is 10.4 Å². The molecule has 1 saturated heterocycles. The molecular weight excluding hydrogens is 446 g/mol. The lowest BCUT2D eigenvalue weighted by atomic mass is 10.1. The van der Waals surface area contributed by atoms with E-state index in [1.54, 1.807) is 13.0 Å². The van der Waals surface area contributed by atoms with Gasteiger partial charge in [0.15, 0.2) is 5.13 Å². The average molecular weight is 478 g/mol. The van der Waals surface area contributed by atoms with Crippen LogP contribution < -0.4 is 5.32 Å². The summed E-state index contributed by atoms with van der Waals surface area (Å²) in [5.41, 5.74) is 2.20. The molecule has 1 amide bonds. The Balaban J connectivity index is 1.63. The minimum atomic E-state index is -3.73. The van der Waals surface area contributed by atoms with Crippen molar-refractivity contribution in [2.24, 2.45) is 5.92 Å². The number of aliphatic hydroxyl groups excluding tert-OH is 1. The summed E-state index contributed by atoms with van der Waals surface area (Å²) in [6.07, 6.45) is 6.43. The highest BCUT2D eigenvalue weighted by Gasteiger charge is 2.34. The van der Waals surface area contributed by atoms with Gasteiger partial charge in [0.25, 0.3) is 0 Å². The number of nitrogens with one attached hydrogen (secondary N) is 1. The van der Waals surface area contributed by atoms with Crippen LogP contribution in [0.2, 0.25) is 0 Å². The second-order valence-corrected chi connectivity index (χ2v) is 11.7. The number of benzene rings is 1. The van der Waals surface area contributed by atoms with Crippen molar-refractivity contribution in [3.05, 3.63) is 29.5 Å². The Morgan fingerprint density at radius 2 is 1.91 bits per heavy atom. The number of aromatic nitrogens is 1. The number of piperidine rings is 1. The fraction of sp³-hybridized carbons (Fsp3) is 0.565. The number of hydrogen-bond acceptors (Lipinski definition) is 6. The smallest absolute Gasteiger partial charge is 0.243 e. The number of thiazole rings is 1. The van der Waals surface area contributed by atoms with Gasteiger partial charge >= 0.3 is 0 Å². The van der Waals surface area contributed by atoms with E-state index >= 15 is 0 Å². The van der Waals surface area contributed by atoms with Crippen LogP contribution in [0.4, 0.5) is 5.13 Å². The third-order valence-corrected chi connectivity index (χ3v) is 9.79. The Bertz CT molecular complexity index is 1090. The average Bonchev–Trinajstić information content (AvgIpc) is 3.44. The van der Waals surface area contributed by atoms with Crippen molar-refractivity contribution in [3.63, 3.8) is 0 Å². The van der Waals surface area contributed by atoms with Crippen LogP contribution in [-0.2, 0) is 14.8 Å². The number of nitrogens with zero attached hydrogens (tertiary/aromatic N) is 2. The Morgan fingerprint density at radius 1 is 1.19 bits per heavy atom. The normalized spacial score (nSPS) is 20.5. The van der Waals surface area contributed by atoms with Gasteiger partial charge in [-0.3, -0.25) is 4.79 Å². The van der Waals surface area contributed by atoms with Crippen LogP contribution in [0, 0.1) is 19.8 Å². The van der Waals surface area contributed by atoms with Crippen LogP contribution in [0.3, 0.4) is 0 Å². The molecule has 0 spiro atoms. The summed E-state index contributed by atoms with van der Waals surface area (Å²) in [5.74, 6) is 0.0814. The molecule has 2 aromatic rings. The summed E-state index contributed by atoms with van der Waals surface area (Å²) in [6, 6.07) is 5.05. The summed E-state index contributed by atoms with van der Waals surface area (Å²) in [7, 11) is -3.73. The second kappa shape index (κ2) is 9.59. The minimum absolute atomic E-state index is 0.0233. The fourth-order valence-electron chi connectivity index (χ4n) is 4.73. The van der Waals surface area contributed by atoms with E-state index in [4.69, 9.17) is 0 Å². The summed E-state index contributed by atoms with van der Waals surface area (Å²) in [6.45, 7) is 3.92. The van der Waals surface area contributed by atoms with E-state index in [1.807, 2.05) is 19.1 Å². The van der Waals surface area contributed by atoms with E-state index in [0.29, 0.717) is 23.7 Å². The van der Waals surface area contributed by atoms with Crippen molar-refractivity contribution in [1.29, 1.82) is 0 Å². The van der Waals surface area contributed by atoms with E-state index < -0.39 is 10.0 Å². The number of anilines is 1. The summed E-state index contributed by atoms with van der Waals surface area (Å²) in [5, 5.41) is 13.2. The maximum atomic E-state index is 13.5. The maximum Gasteiger partial charge on any atom is 0.243 e. The number of hydrogen-bond donors (Lipinski definition) is 2. The summed E-state index contributed by atoms with van der Waals surface area (Å²) in [4.78, 5) is 18.1. The zero-order valence-corrected chi connectivity index (χ0v) is 20.3. The van der Waals surface area contributed by atoms with Crippen LogP contribution in [0.25, 0.3) is 10.4 Å². The first-order valence-corrected chi connectivity index (χ1v) is 13.6. The molecule has 0 radical (unpaired) electrons. The zero-order chi connectivity index (χ0) is 22.9. The predicted octanol–water partition coefficient (Wildman–Crippen LogP) is 4.09. The van der Waals surface area contributed by atoms with Gasteiger partial charge in [0.2, 0.25) is 15.9 Å². The Morgan fingerprint density at radius 3 is 2.62 bits per heavy atom. The molecule has 1 aromatic heterocycles. The Labute approximate surface area is 193 Å². The molecular formula is C23H31N3O4S2. The van der Waals surface area contributed by atoms with Gasteiger partial charge in [-0.25, -0.2) is 13.4 Å². The quantitative estimate of drug-likeness (QED) is 0.653. The molecule has 2 fully saturated rings. The van der Waals surface area contributed by atoms with E-state index in [0.717, 1.165) is 54.7 Å². The molecule has 1 unspecified atom stereocenters. The van der Waals surface area contributed by atoms with Crippen LogP contribution in [0.15, 0.2) is 23.1 Å². The van der Waals surface area contributed by atoms with Crippen LogP contribution >= 0.6 is 11.3 Å². The number of carbonyl (C=O) groups excluding carboxylic acids is 1. The number of aryl methyl sites for hydroxylation is 2. The van der Waals surface area contributed by atoms with E-state index in [1.165, 1.54) is 15.6 Å². The molecule has 1 saturated carbocycles. The fourth-order valence-corrected chi connectivity index (χ4v) is 7.63. The van der Waals surface area contributed by atoms with Gasteiger partial charge in [0, 0.05) is 18.5 Å². The SMILES string of the molecule is Cc1ccc(-c2sc(NC(=O)C3CCCC3)nc2C)cc1S(=O)(=O)N1CCCCC1CO. The molecule has 1 atom stereocenters. The van der Waals surface area contributed by atoms with Crippen molar-refractivity contribution in [2.75, 3.05) is 18.5 Å². The third kappa shape index (κ3) is 4.62. The molecule has 4 rings (SSSR count).